The van der Waals surface area contributed by atoms with Gasteiger partial charge in [0.15, 0.2) is 0 Å². The van der Waals surface area contributed by atoms with Gasteiger partial charge in [0.2, 0.25) is 5.91 Å². The molecule has 0 bridgehead atoms. The van der Waals surface area contributed by atoms with Gasteiger partial charge in [0, 0.05) is 6.42 Å². The molecule has 1 radical (unpaired) electrons. The average Bonchev–Trinajstić information content (AvgIpc) is 2.17. The van der Waals surface area contributed by atoms with E-state index in [1.165, 1.54) is 38.8 Å². The van der Waals surface area contributed by atoms with Crippen LogP contribution >= 0.6 is 0 Å². The van der Waals surface area contributed by atoms with Gasteiger partial charge in [-0.05, 0) is 6.42 Å². The summed E-state index contributed by atoms with van der Waals surface area (Å²) in [6.07, 6.45) is 9.24. The largest absolute Gasteiger partial charge is 0.338 e. The van der Waals surface area contributed by atoms with E-state index in [2.05, 4.69) is 12.2 Å². The van der Waals surface area contributed by atoms with Crippen LogP contribution in [0.2, 0.25) is 0 Å². The first-order valence-corrected chi connectivity index (χ1v) is 5.64. The van der Waals surface area contributed by atoms with Gasteiger partial charge in [0.1, 0.15) is 6.67 Å². The minimum absolute atomic E-state index is 0.0288. The third-order valence-corrected chi connectivity index (χ3v) is 2.25. The molecule has 3 N–H and O–H groups in total. The number of unbranched alkanes of at least 4 members (excludes halogenated alkanes) is 6. The maximum absolute atomic E-state index is 11.0. The van der Waals surface area contributed by atoms with Gasteiger partial charge in [-0.3, -0.25) is 4.79 Å². The molecule has 0 saturated heterocycles. The second-order valence-electron chi connectivity index (χ2n) is 3.61. The van der Waals surface area contributed by atoms with E-state index in [1.54, 1.807) is 0 Å². The van der Waals surface area contributed by atoms with Gasteiger partial charge < -0.3 is 11.1 Å². The van der Waals surface area contributed by atoms with Crippen LogP contribution in [0.5, 0.6) is 0 Å². The van der Waals surface area contributed by atoms with Gasteiger partial charge in [-0.1, -0.05) is 45.4 Å². The third-order valence-electron chi connectivity index (χ3n) is 2.25. The molecule has 3 heteroatoms. The second kappa shape index (κ2) is 10.5. The predicted octanol–water partition coefficient (Wildman–Crippen LogP) is 2.32. The van der Waals surface area contributed by atoms with Crippen molar-refractivity contribution >= 4 is 5.91 Å². The van der Waals surface area contributed by atoms with Crippen LogP contribution in [0.25, 0.3) is 0 Å². The first-order valence-electron chi connectivity index (χ1n) is 5.64. The molecular weight excluding hydrogens is 176 g/mol. The third kappa shape index (κ3) is 9.52. The zero-order valence-corrected chi connectivity index (χ0v) is 9.22. The summed E-state index contributed by atoms with van der Waals surface area (Å²) in [7, 11) is 0. The zero-order chi connectivity index (χ0) is 10.6. The van der Waals surface area contributed by atoms with Gasteiger partial charge >= 0.3 is 0 Å². The number of carbonyl (C=O) groups excluding carboxylic acids is 1. The van der Waals surface area contributed by atoms with E-state index in [0.717, 1.165) is 12.8 Å². The number of hydrogen-bond donors (Lipinski definition) is 2. The molecule has 0 heterocycles. The molecule has 3 nitrogen and oxygen atoms in total. The maximum Gasteiger partial charge on any atom is 0.221 e. The van der Waals surface area contributed by atoms with E-state index < -0.39 is 0 Å². The van der Waals surface area contributed by atoms with Crippen molar-refractivity contribution in [1.29, 1.82) is 0 Å². The Balaban J connectivity index is 3.01. The molecule has 0 aliphatic heterocycles. The standard InChI is InChI=1S/C11H23N2O/c1-2-3-4-5-6-7-8-9-11(14)13-10-12/h10H,2-9,12H2,1H3,(H,13,14). The van der Waals surface area contributed by atoms with Gasteiger partial charge in [-0.15, -0.1) is 0 Å². The van der Waals surface area contributed by atoms with Crippen LogP contribution in [-0.2, 0) is 4.79 Å². The molecule has 0 rings (SSSR count). The highest BCUT2D eigenvalue weighted by molar-refractivity contribution is 5.76. The molecule has 0 fully saturated rings. The number of nitrogens with one attached hydrogen (secondary N) is 1. The molecule has 83 valence electrons. The van der Waals surface area contributed by atoms with Crippen LogP contribution in [0.15, 0.2) is 0 Å². The Morgan fingerprint density at radius 2 is 1.71 bits per heavy atom. The van der Waals surface area contributed by atoms with Crippen LogP contribution in [0.1, 0.15) is 58.3 Å². The molecule has 0 saturated carbocycles. The maximum atomic E-state index is 11.0. The quantitative estimate of drug-likeness (QED) is 0.560. The molecule has 0 aromatic carbocycles. The lowest BCUT2D eigenvalue weighted by atomic mass is 10.1. The Morgan fingerprint density at radius 1 is 1.14 bits per heavy atom. The normalized spacial score (nSPS) is 10.1. The van der Waals surface area contributed by atoms with Gasteiger partial charge in [0.05, 0.1) is 0 Å². The van der Waals surface area contributed by atoms with E-state index in [4.69, 9.17) is 5.73 Å². The van der Waals surface area contributed by atoms with Gasteiger partial charge in [-0.25, -0.2) is 0 Å². The molecule has 0 aromatic heterocycles. The highest BCUT2D eigenvalue weighted by atomic mass is 16.1. The monoisotopic (exact) mass is 199 g/mol. The van der Waals surface area contributed by atoms with Crippen molar-refractivity contribution in [3.63, 3.8) is 0 Å². The zero-order valence-electron chi connectivity index (χ0n) is 9.22. The van der Waals surface area contributed by atoms with Crippen LogP contribution in [0.3, 0.4) is 0 Å². The van der Waals surface area contributed by atoms with Crippen LogP contribution in [0.4, 0.5) is 0 Å². The van der Waals surface area contributed by atoms with Crippen LogP contribution in [-0.4, -0.2) is 5.91 Å². The predicted molar refractivity (Wildman–Crippen MR) is 59.2 cm³/mol. The van der Waals surface area contributed by atoms with E-state index in [0.29, 0.717) is 6.42 Å². The Labute approximate surface area is 87.4 Å². The Kier molecular flexibility index (Phi) is 10.1. The van der Waals surface area contributed by atoms with Crippen molar-refractivity contribution in [3.8, 4) is 0 Å². The topological polar surface area (TPSA) is 55.1 Å². The number of rotatable bonds is 9. The lowest BCUT2D eigenvalue weighted by molar-refractivity contribution is -0.120. The SMILES string of the molecule is CCCCCCCCCC(=O)N[CH]N. The highest BCUT2D eigenvalue weighted by Gasteiger charge is 1.98. The number of nitrogens with two attached hydrogens (primary N) is 1. The second-order valence-corrected chi connectivity index (χ2v) is 3.61. The summed E-state index contributed by atoms with van der Waals surface area (Å²) in [6, 6.07) is 0. The van der Waals surface area contributed by atoms with Crippen LogP contribution < -0.4 is 11.1 Å². The summed E-state index contributed by atoms with van der Waals surface area (Å²) in [4.78, 5) is 11.0. The van der Waals surface area contributed by atoms with Crippen molar-refractivity contribution in [2.24, 2.45) is 5.73 Å². The number of amides is 1. The Hall–Kier alpha value is -0.570. The molecule has 0 spiro atoms. The van der Waals surface area contributed by atoms with E-state index in [1.807, 2.05) is 0 Å². The summed E-state index contributed by atoms with van der Waals surface area (Å²) in [6.45, 7) is 3.41. The lowest BCUT2D eigenvalue weighted by Gasteiger charge is -2.01. The minimum Gasteiger partial charge on any atom is -0.338 e. The van der Waals surface area contributed by atoms with Crippen LogP contribution in [0, 0.1) is 6.67 Å². The molecule has 0 atom stereocenters. The van der Waals surface area contributed by atoms with E-state index >= 15 is 0 Å². The van der Waals surface area contributed by atoms with E-state index in [9.17, 15) is 4.79 Å². The van der Waals surface area contributed by atoms with Crippen molar-refractivity contribution in [2.75, 3.05) is 0 Å². The molecule has 0 aliphatic rings. The summed E-state index contributed by atoms with van der Waals surface area (Å²) < 4.78 is 0. The number of carbonyl (C=O) groups is 1. The molecule has 0 unspecified atom stereocenters. The van der Waals surface area contributed by atoms with E-state index in [-0.39, 0.29) is 5.91 Å². The summed E-state index contributed by atoms with van der Waals surface area (Å²) in [5, 5.41) is 2.47. The molecule has 14 heavy (non-hydrogen) atoms. The molecule has 0 aromatic rings. The van der Waals surface area contributed by atoms with Crippen molar-refractivity contribution in [1.82, 2.24) is 5.32 Å². The van der Waals surface area contributed by atoms with Crippen molar-refractivity contribution in [3.05, 3.63) is 6.67 Å². The van der Waals surface area contributed by atoms with Crippen molar-refractivity contribution in [2.45, 2.75) is 58.3 Å². The summed E-state index contributed by atoms with van der Waals surface area (Å²) in [5.41, 5.74) is 5.06. The minimum atomic E-state index is 0.0288. The Bertz CT molecular complexity index is 137. The fourth-order valence-corrected chi connectivity index (χ4v) is 1.41. The molecule has 1 amide bonds. The Morgan fingerprint density at radius 3 is 2.29 bits per heavy atom. The molecular formula is C11H23N2O. The first-order chi connectivity index (χ1) is 6.81. The highest BCUT2D eigenvalue weighted by Crippen LogP contribution is 2.07. The first kappa shape index (κ1) is 13.4. The fourth-order valence-electron chi connectivity index (χ4n) is 1.41. The van der Waals surface area contributed by atoms with Gasteiger partial charge in [0.25, 0.3) is 0 Å². The smallest absolute Gasteiger partial charge is 0.221 e. The average molecular weight is 199 g/mol. The fraction of sp³-hybridized carbons (Fsp3) is 0.818. The summed E-state index contributed by atoms with van der Waals surface area (Å²) in [5.74, 6) is 0.0288. The van der Waals surface area contributed by atoms with Crippen molar-refractivity contribution < 1.29 is 4.79 Å². The lowest BCUT2D eigenvalue weighted by Crippen LogP contribution is -2.23. The number of hydrogen-bond acceptors (Lipinski definition) is 2. The van der Waals surface area contributed by atoms with Gasteiger partial charge in [-0.2, -0.15) is 0 Å². The summed E-state index contributed by atoms with van der Waals surface area (Å²) >= 11 is 0. The molecule has 0 aliphatic carbocycles.